The minimum absolute atomic E-state index is 0.0237. The number of alkyl halides is 3. The zero-order valence-electron chi connectivity index (χ0n) is 34.0. The van der Waals surface area contributed by atoms with Crippen LogP contribution in [0.4, 0.5) is 18.9 Å². The summed E-state index contributed by atoms with van der Waals surface area (Å²) >= 11 is 0. The molecule has 0 saturated carbocycles. The van der Waals surface area contributed by atoms with E-state index in [1.807, 2.05) is 42.5 Å². The van der Waals surface area contributed by atoms with Crippen molar-refractivity contribution >= 4 is 63.5 Å². The van der Waals surface area contributed by atoms with Crippen LogP contribution in [0.2, 0.25) is 0 Å². The third-order valence-electron chi connectivity index (χ3n) is 9.64. The first-order valence-corrected chi connectivity index (χ1v) is 19.2. The lowest BCUT2D eigenvalue weighted by Gasteiger charge is -2.29. The molecule has 0 spiro atoms. The lowest BCUT2D eigenvalue weighted by atomic mass is 9.85. The first kappa shape index (κ1) is 49.5. The van der Waals surface area contributed by atoms with E-state index in [-0.39, 0.29) is 43.5 Å². The van der Waals surface area contributed by atoms with Crippen LogP contribution >= 0.6 is 0 Å². The maximum Gasteiger partial charge on any atom is 0.450 e. The van der Waals surface area contributed by atoms with Crippen LogP contribution in [0.5, 0.6) is 0 Å². The first-order chi connectivity index (χ1) is 27.8. The third kappa shape index (κ3) is 17.0. The van der Waals surface area contributed by atoms with E-state index >= 15 is 0 Å². The summed E-state index contributed by atoms with van der Waals surface area (Å²) in [6, 6.07) is 11.2. The van der Waals surface area contributed by atoms with Gasteiger partial charge in [-0.25, -0.2) is 0 Å². The molecule has 17 heteroatoms. The molecule has 0 fully saturated rings. The number of carbonyl (C=O) groups excluding carboxylic acids is 8. The van der Waals surface area contributed by atoms with Gasteiger partial charge in [0.25, 0.3) is 0 Å². The molecule has 2 rings (SSSR count). The highest BCUT2D eigenvalue weighted by Crippen LogP contribution is 2.30. The highest BCUT2D eigenvalue weighted by Gasteiger charge is 2.44. The molecule has 0 aliphatic carbocycles. The molecule has 0 aromatic heterocycles. The normalized spacial score (nSPS) is 13.3. The maximum atomic E-state index is 13.8. The quantitative estimate of drug-likeness (QED) is 0.0476. The Morgan fingerprint density at radius 3 is 1.97 bits per heavy atom. The molecule has 0 radical (unpaired) electrons. The minimum atomic E-state index is -5.27. The Kier molecular flexibility index (Phi) is 20.4. The molecular formula is C42H54F3N3O11. The zero-order valence-corrected chi connectivity index (χ0v) is 34.0. The van der Waals surface area contributed by atoms with Crippen molar-refractivity contribution in [3.8, 4) is 0 Å². The van der Waals surface area contributed by atoms with Gasteiger partial charge < -0.3 is 30.2 Å². The van der Waals surface area contributed by atoms with Crippen LogP contribution in [0.15, 0.2) is 54.6 Å². The summed E-state index contributed by atoms with van der Waals surface area (Å²) in [6.07, 6.45) is -8.36. The van der Waals surface area contributed by atoms with Crippen molar-refractivity contribution in [2.45, 2.75) is 96.3 Å². The molecule has 3 unspecified atom stereocenters. The number of hydrogen-bond acceptors (Lipinski definition) is 12. The van der Waals surface area contributed by atoms with Crippen LogP contribution in [0.1, 0.15) is 78.1 Å². The minimum Gasteiger partial charge on any atom is -0.469 e. The number of ether oxygens (including phenoxy) is 3. The summed E-state index contributed by atoms with van der Waals surface area (Å²) in [5, 5.41) is 10.5. The highest BCUT2D eigenvalue weighted by atomic mass is 19.4. The van der Waals surface area contributed by atoms with E-state index in [0.29, 0.717) is 13.0 Å². The molecule has 2 aromatic rings. The molecule has 0 aliphatic rings. The Morgan fingerprint density at radius 2 is 1.34 bits per heavy atom. The van der Waals surface area contributed by atoms with Gasteiger partial charge in [0.1, 0.15) is 5.78 Å². The Bertz CT molecular complexity index is 1820. The van der Waals surface area contributed by atoms with Crippen molar-refractivity contribution in [3.63, 3.8) is 0 Å². The second-order valence-corrected chi connectivity index (χ2v) is 14.4. The van der Waals surface area contributed by atoms with Crippen LogP contribution in [0.25, 0.3) is 10.8 Å². The number of methoxy groups -OCH3 is 3. The molecule has 324 valence electrons. The molecule has 0 aliphatic heterocycles. The molecule has 2 amide bonds. The number of anilines is 1. The van der Waals surface area contributed by atoms with E-state index in [1.54, 1.807) is 13.8 Å². The number of ketones is 3. The fourth-order valence-corrected chi connectivity index (χ4v) is 6.36. The molecule has 0 heterocycles. The van der Waals surface area contributed by atoms with Gasteiger partial charge in [0.05, 0.1) is 46.3 Å². The average Bonchev–Trinajstić information content (AvgIpc) is 3.20. The number of carbonyl (C=O) groups is 8. The molecular weight excluding hydrogens is 779 g/mol. The molecule has 2 aromatic carbocycles. The fraction of sp³-hybridized carbons (Fsp3) is 0.524. The van der Waals surface area contributed by atoms with Crippen LogP contribution in [-0.2, 0) is 52.6 Å². The van der Waals surface area contributed by atoms with Gasteiger partial charge in [-0.1, -0.05) is 62.4 Å². The number of nitrogens with one attached hydrogen (secondary N) is 3. The predicted molar refractivity (Wildman–Crippen MR) is 211 cm³/mol. The van der Waals surface area contributed by atoms with E-state index in [1.165, 1.54) is 0 Å². The van der Waals surface area contributed by atoms with Gasteiger partial charge in [0, 0.05) is 61.6 Å². The highest BCUT2D eigenvalue weighted by molar-refractivity contribution is 5.96. The predicted octanol–water partition coefficient (Wildman–Crippen LogP) is 5.36. The second-order valence-electron chi connectivity index (χ2n) is 14.4. The number of esters is 3. The Hall–Kier alpha value is -5.61. The Labute approximate surface area is 341 Å². The van der Waals surface area contributed by atoms with Crippen molar-refractivity contribution < 1.29 is 65.7 Å². The summed E-state index contributed by atoms with van der Waals surface area (Å²) in [4.78, 5) is 101. The monoisotopic (exact) mass is 833 g/mol. The topological polar surface area (TPSA) is 200 Å². The van der Waals surface area contributed by atoms with E-state index in [9.17, 15) is 51.5 Å². The zero-order chi connectivity index (χ0) is 44.3. The third-order valence-corrected chi connectivity index (χ3v) is 9.64. The molecule has 14 nitrogen and oxygen atoms in total. The number of rotatable bonds is 26. The van der Waals surface area contributed by atoms with E-state index in [0.717, 1.165) is 37.8 Å². The smallest absolute Gasteiger partial charge is 0.450 e. The van der Waals surface area contributed by atoms with Crippen LogP contribution in [0.3, 0.4) is 0 Å². The van der Waals surface area contributed by atoms with E-state index < -0.39 is 103 Å². The van der Waals surface area contributed by atoms with Gasteiger partial charge in [-0.3, -0.25) is 38.4 Å². The Morgan fingerprint density at radius 1 is 0.712 bits per heavy atom. The number of halogens is 3. The lowest BCUT2D eigenvalue weighted by Crippen LogP contribution is -2.47. The summed E-state index contributed by atoms with van der Waals surface area (Å²) in [7, 11) is 3.14. The van der Waals surface area contributed by atoms with E-state index in [4.69, 9.17) is 4.74 Å². The number of Topliss-reactive ketones (excluding diaryl/α,β-unsaturated/α-hetero) is 3. The summed E-state index contributed by atoms with van der Waals surface area (Å²) in [6.45, 7) is 7.53. The van der Waals surface area contributed by atoms with Crippen molar-refractivity contribution in [2.75, 3.05) is 33.2 Å². The molecule has 0 bridgehead atoms. The Balaban J connectivity index is 2.12. The second kappa shape index (κ2) is 24.3. The SMILES string of the molecule is C=C(CC(CC(=O)OC)C(=O)C(F)(F)F)[C@H](NC(=O)C(CCC(=O)OC)CC(=O)C(CC(=O)OC)NC(=O)CCC(=O)CCCNc1cccc2ccccc12)C(C)C. The summed E-state index contributed by atoms with van der Waals surface area (Å²) < 4.78 is 54.1. The summed E-state index contributed by atoms with van der Waals surface area (Å²) in [5.74, 6) is -11.0. The molecule has 3 N–H and O–H groups in total. The first-order valence-electron chi connectivity index (χ1n) is 19.2. The van der Waals surface area contributed by atoms with E-state index in [2.05, 4.69) is 32.0 Å². The van der Waals surface area contributed by atoms with Crippen LogP contribution in [-0.4, -0.2) is 93.2 Å². The molecule has 0 saturated heterocycles. The van der Waals surface area contributed by atoms with Gasteiger partial charge >= 0.3 is 24.1 Å². The van der Waals surface area contributed by atoms with Crippen molar-refractivity contribution in [1.82, 2.24) is 10.6 Å². The number of fused-ring (bicyclic) bond motifs is 1. The van der Waals surface area contributed by atoms with Crippen molar-refractivity contribution in [2.24, 2.45) is 17.8 Å². The average molecular weight is 834 g/mol. The van der Waals surface area contributed by atoms with Gasteiger partial charge in [0.15, 0.2) is 5.78 Å². The number of amides is 2. The number of benzene rings is 2. The van der Waals surface area contributed by atoms with Gasteiger partial charge in [-0.05, 0) is 36.6 Å². The van der Waals surface area contributed by atoms with Crippen LogP contribution in [0, 0.1) is 17.8 Å². The van der Waals surface area contributed by atoms with Crippen LogP contribution < -0.4 is 16.0 Å². The summed E-state index contributed by atoms with van der Waals surface area (Å²) in [5.41, 5.74) is 0.902. The van der Waals surface area contributed by atoms with Gasteiger partial charge in [-0.2, -0.15) is 13.2 Å². The largest absolute Gasteiger partial charge is 0.469 e. The standard InChI is InChI=1S/C42H54F3N3O11/c1-25(2)39(26(3)21-29(23-37(53)58-5)40(55)42(43,44)45)48-41(56)28(16-19-36(52)57-4)22-34(50)33(24-38(54)59-6)47-35(51)18-17-30(49)13-10-20-46-32-15-9-12-27-11-7-8-14-31(27)32/h7-9,11-12,14-15,25,28-29,33,39,46H,3,10,13,16-24H2,1-2,4-6H3,(H,47,51)(H,48,56)/t28?,29?,33?,39-/m1/s1. The van der Waals surface area contributed by atoms with Crippen molar-refractivity contribution in [3.05, 3.63) is 54.6 Å². The van der Waals surface area contributed by atoms with Gasteiger partial charge in [-0.15, -0.1) is 0 Å². The maximum absolute atomic E-state index is 13.8. The lowest BCUT2D eigenvalue weighted by molar-refractivity contribution is -0.177. The van der Waals surface area contributed by atoms with Crippen molar-refractivity contribution in [1.29, 1.82) is 0 Å². The fourth-order valence-electron chi connectivity index (χ4n) is 6.36. The molecule has 59 heavy (non-hydrogen) atoms. The van der Waals surface area contributed by atoms with Gasteiger partial charge in [0.2, 0.25) is 17.6 Å². The number of hydrogen-bond donors (Lipinski definition) is 3. The molecule has 4 atom stereocenters.